The molecule has 1 aliphatic rings. The van der Waals surface area contributed by atoms with E-state index in [0.29, 0.717) is 19.3 Å². The summed E-state index contributed by atoms with van der Waals surface area (Å²) in [5, 5.41) is 56.9. The van der Waals surface area contributed by atoms with Gasteiger partial charge in [0.2, 0.25) is 5.91 Å². The average Bonchev–Trinajstić information content (AvgIpc) is 3.42. The number of allylic oxidation sites excluding steroid dienone is 5. The Morgan fingerprint density at radius 3 is 1.32 bits per heavy atom. The zero-order valence-electron chi connectivity index (χ0n) is 49.4. The Labute approximate surface area is 466 Å². The Balaban J connectivity index is 2.58. The van der Waals surface area contributed by atoms with Crippen molar-refractivity contribution in [3.63, 3.8) is 0 Å². The number of aliphatic hydroxyl groups is 5. The van der Waals surface area contributed by atoms with Crippen LogP contribution in [-0.4, -0.2) is 99.6 Å². The van der Waals surface area contributed by atoms with Crippen LogP contribution in [0.25, 0.3) is 0 Å². The normalized spacial score (nSPS) is 19.3. The number of aliphatic hydroxyl groups excluding tert-OH is 5. The first-order valence-electron chi connectivity index (χ1n) is 32.3. The molecule has 1 rings (SSSR count). The monoisotopic (exact) mass is 1080 g/mol. The summed E-state index contributed by atoms with van der Waals surface area (Å²) < 4.78 is 17.6. The molecule has 0 bridgehead atoms. The summed E-state index contributed by atoms with van der Waals surface area (Å²) in [5.41, 5.74) is 0. The number of nitrogens with one attached hydrogen (secondary N) is 1. The van der Waals surface area contributed by atoms with Crippen molar-refractivity contribution in [1.82, 2.24) is 5.32 Å². The predicted octanol–water partition coefficient (Wildman–Crippen LogP) is 15.5. The standard InChI is InChI=1S/C65H121NO10/c1-4-7-10-13-16-19-22-24-25-26-27-28-29-30-31-32-33-34-35-38-40-43-46-49-52-58(69)64(73)66-56(57(68)51-48-45-42-39-37-23-20-17-14-11-8-5-2)55-74-65-63(62(72)61(71)59(54-67)75-65)76-60(70)53-50-47-44-41-36-21-18-15-12-9-6-3/h15,18,24-25,48,51,56-59,61-63,65,67-69,71-72H,4-14,16-17,19-23,26-47,49-50,52-55H2,1-3H3,(H,66,73)/b18-15-,25-24+,51-48+. The van der Waals surface area contributed by atoms with Crippen LogP contribution >= 0.6 is 0 Å². The van der Waals surface area contributed by atoms with E-state index < -0.39 is 67.4 Å². The first-order chi connectivity index (χ1) is 37.2. The van der Waals surface area contributed by atoms with Gasteiger partial charge in [0.25, 0.3) is 0 Å². The summed E-state index contributed by atoms with van der Waals surface area (Å²) in [6.45, 7) is 5.75. The van der Waals surface area contributed by atoms with Crippen molar-refractivity contribution in [2.75, 3.05) is 13.2 Å². The maximum absolute atomic E-state index is 13.4. The molecule has 1 saturated heterocycles. The van der Waals surface area contributed by atoms with Crippen LogP contribution in [0, 0.1) is 0 Å². The van der Waals surface area contributed by atoms with E-state index in [1.54, 1.807) is 6.08 Å². The Hall–Kier alpha value is -2.12. The average molecular weight is 1080 g/mol. The molecule has 11 heteroatoms. The second-order valence-electron chi connectivity index (χ2n) is 22.5. The third-order valence-corrected chi connectivity index (χ3v) is 15.3. The maximum atomic E-state index is 13.4. The van der Waals surface area contributed by atoms with E-state index in [9.17, 15) is 35.1 Å². The minimum Gasteiger partial charge on any atom is -0.454 e. The third-order valence-electron chi connectivity index (χ3n) is 15.3. The maximum Gasteiger partial charge on any atom is 0.306 e. The molecule has 0 saturated carbocycles. The van der Waals surface area contributed by atoms with Crippen LogP contribution in [-0.2, 0) is 23.8 Å². The van der Waals surface area contributed by atoms with Crippen LogP contribution in [0.15, 0.2) is 36.5 Å². The van der Waals surface area contributed by atoms with Gasteiger partial charge >= 0.3 is 5.97 Å². The molecule has 1 heterocycles. The Kier molecular flexibility index (Phi) is 50.6. The molecule has 1 aliphatic heterocycles. The van der Waals surface area contributed by atoms with Crippen LogP contribution in [0.3, 0.4) is 0 Å². The molecule has 446 valence electrons. The van der Waals surface area contributed by atoms with E-state index in [-0.39, 0.29) is 13.0 Å². The van der Waals surface area contributed by atoms with Gasteiger partial charge in [-0.2, -0.15) is 0 Å². The van der Waals surface area contributed by atoms with Crippen molar-refractivity contribution in [1.29, 1.82) is 0 Å². The van der Waals surface area contributed by atoms with Gasteiger partial charge in [0.1, 0.15) is 24.4 Å². The van der Waals surface area contributed by atoms with Gasteiger partial charge in [-0.3, -0.25) is 9.59 Å². The lowest BCUT2D eigenvalue weighted by atomic mass is 9.99. The number of carbonyl (C=O) groups excluding carboxylic acids is 2. The highest BCUT2D eigenvalue weighted by Gasteiger charge is 2.47. The summed E-state index contributed by atoms with van der Waals surface area (Å²) in [6, 6.07) is -1.02. The third kappa shape index (κ3) is 41.0. The van der Waals surface area contributed by atoms with Crippen molar-refractivity contribution < 1.29 is 49.3 Å². The van der Waals surface area contributed by atoms with Crippen molar-refractivity contribution in [3.8, 4) is 0 Å². The van der Waals surface area contributed by atoms with Crippen molar-refractivity contribution >= 4 is 11.9 Å². The van der Waals surface area contributed by atoms with E-state index in [2.05, 4.69) is 50.4 Å². The highest BCUT2D eigenvalue weighted by Crippen LogP contribution is 2.26. The Morgan fingerprint density at radius 2 is 0.882 bits per heavy atom. The topological polar surface area (TPSA) is 175 Å². The van der Waals surface area contributed by atoms with E-state index in [0.717, 1.165) is 77.0 Å². The number of hydrogen-bond donors (Lipinski definition) is 6. The molecule has 0 aromatic heterocycles. The number of unbranched alkanes of at least 4 members (excludes halogenated alkanes) is 37. The fraction of sp³-hybridized carbons (Fsp3) is 0.877. The second-order valence-corrected chi connectivity index (χ2v) is 22.5. The molecule has 0 aromatic rings. The fourth-order valence-corrected chi connectivity index (χ4v) is 10.1. The number of ether oxygens (including phenoxy) is 3. The van der Waals surface area contributed by atoms with Gasteiger partial charge < -0.3 is 45.1 Å². The summed E-state index contributed by atoms with van der Waals surface area (Å²) in [5.74, 6) is -1.20. The Morgan fingerprint density at radius 1 is 0.500 bits per heavy atom. The summed E-state index contributed by atoms with van der Waals surface area (Å²) in [7, 11) is 0. The molecule has 8 atom stereocenters. The SMILES string of the molecule is CCCC/C=C\CCCCCCCC(=O)OC1C(OCC(NC(=O)C(O)CCCCCCCCCCCCCCCC/C=C/CCCCCCCC)C(O)/C=C/CCCCCCCCCCCC)OC(CO)C(O)C1O. The van der Waals surface area contributed by atoms with E-state index in [4.69, 9.17) is 14.2 Å². The summed E-state index contributed by atoms with van der Waals surface area (Å²) in [6.07, 6.45) is 53.5. The number of carbonyl (C=O) groups is 2. The summed E-state index contributed by atoms with van der Waals surface area (Å²) in [4.78, 5) is 26.5. The van der Waals surface area contributed by atoms with Crippen LogP contribution in [0.2, 0.25) is 0 Å². The molecule has 8 unspecified atom stereocenters. The zero-order chi connectivity index (χ0) is 55.4. The zero-order valence-corrected chi connectivity index (χ0v) is 49.4. The molecule has 0 radical (unpaired) electrons. The number of rotatable bonds is 55. The first kappa shape index (κ1) is 71.9. The van der Waals surface area contributed by atoms with Crippen LogP contribution in [0.4, 0.5) is 0 Å². The van der Waals surface area contributed by atoms with E-state index in [1.165, 1.54) is 180 Å². The van der Waals surface area contributed by atoms with Gasteiger partial charge in [-0.15, -0.1) is 0 Å². The van der Waals surface area contributed by atoms with Gasteiger partial charge in [0.05, 0.1) is 25.4 Å². The lowest BCUT2D eigenvalue weighted by molar-refractivity contribution is -0.305. The molecule has 6 N–H and O–H groups in total. The molecule has 0 spiro atoms. The summed E-state index contributed by atoms with van der Waals surface area (Å²) >= 11 is 0. The quantitative estimate of drug-likeness (QED) is 0.0195. The van der Waals surface area contributed by atoms with Gasteiger partial charge in [0.15, 0.2) is 12.4 Å². The van der Waals surface area contributed by atoms with Crippen molar-refractivity contribution in [2.24, 2.45) is 0 Å². The van der Waals surface area contributed by atoms with Crippen LogP contribution in [0.1, 0.15) is 303 Å². The molecule has 1 amide bonds. The van der Waals surface area contributed by atoms with E-state index in [1.807, 2.05) is 6.08 Å². The lowest BCUT2D eigenvalue weighted by Gasteiger charge is -2.41. The van der Waals surface area contributed by atoms with Crippen molar-refractivity contribution in [2.45, 2.75) is 352 Å². The minimum atomic E-state index is -1.61. The van der Waals surface area contributed by atoms with Crippen LogP contribution < -0.4 is 5.32 Å². The number of amides is 1. The molecule has 0 aliphatic carbocycles. The molecular formula is C65H121NO10. The fourth-order valence-electron chi connectivity index (χ4n) is 10.1. The van der Waals surface area contributed by atoms with Gasteiger partial charge in [-0.05, 0) is 70.6 Å². The molecular weight excluding hydrogens is 955 g/mol. The van der Waals surface area contributed by atoms with Crippen LogP contribution in [0.5, 0.6) is 0 Å². The highest BCUT2D eigenvalue weighted by molar-refractivity contribution is 5.80. The second kappa shape index (κ2) is 53.5. The number of esters is 1. The largest absolute Gasteiger partial charge is 0.454 e. The molecule has 1 fully saturated rings. The Bertz CT molecular complexity index is 1380. The van der Waals surface area contributed by atoms with E-state index >= 15 is 0 Å². The van der Waals surface area contributed by atoms with Crippen molar-refractivity contribution in [3.05, 3.63) is 36.5 Å². The molecule has 0 aromatic carbocycles. The first-order valence-corrected chi connectivity index (χ1v) is 32.3. The van der Waals surface area contributed by atoms with Gasteiger partial charge in [-0.1, -0.05) is 263 Å². The van der Waals surface area contributed by atoms with Gasteiger partial charge in [-0.25, -0.2) is 0 Å². The van der Waals surface area contributed by atoms with Gasteiger partial charge in [0, 0.05) is 6.42 Å². The predicted molar refractivity (Wildman–Crippen MR) is 315 cm³/mol. The minimum absolute atomic E-state index is 0.115. The molecule has 76 heavy (non-hydrogen) atoms. The molecule has 11 nitrogen and oxygen atoms in total. The highest BCUT2D eigenvalue weighted by atomic mass is 16.7. The number of hydrogen-bond acceptors (Lipinski definition) is 10. The lowest BCUT2D eigenvalue weighted by Crippen LogP contribution is -2.61. The smallest absolute Gasteiger partial charge is 0.306 e.